The minimum atomic E-state index is -0.344. The number of hydrogen-bond acceptors (Lipinski definition) is 3. The van der Waals surface area contributed by atoms with Gasteiger partial charge in [-0.05, 0) is 56.4 Å². The summed E-state index contributed by atoms with van der Waals surface area (Å²) in [6, 6.07) is 23.8. The Hall–Kier alpha value is -2.14. The monoisotopic (exact) mass is 386 g/mol. The normalized spacial score (nSPS) is 18.2. The van der Waals surface area contributed by atoms with E-state index in [2.05, 4.69) is 94.4 Å². The van der Waals surface area contributed by atoms with Crippen LogP contribution in [0.5, 0.6) is 0 Å². The van der Waals surface area contributed by atoms with Crippen LogP contribution >= 0.6 is 11.3 Å². The zero-order valence-electron chi connectivity index (χ0n) is 16.7. The van der Waals surface area contributed by atoms with Crippen LogP contribution in [0, 0.1) is 0 Å². The van der Waals surface area contributed by atoms with Gasteiger partial charge < -0.3 is 9.31 Å². The quantitative estimate of drug-likeness (QED) is 0.392. The first-order valence-corrected chi connectivity index (χ1v) is 10.5. The Labute approximate surface area is 170 Å². The maximum absolute atomic E-state index is 6.26. The summed E-state index contributed by atoms with van der Waals surface area (Å²) in [6.07, 6.45) is 0. The summed E-state index contributed by atoms with van der Waals surface area (Å²) in [4.78, 5) is 0. The fourth-order valence-electron chi connectivity index (χ4n) is 3.85. The Morgan fingerprint density at radius 3 is 2.21 bits per heavy atom. The van der Waals surface area contributed by atoms with Crippen molar-refractivity contribution in [3.05, 3.63) is 66.7 Å². The molecule has 1 aromatic heterocycles. The Morgan fingerprint density at radius 2 is 1.43 bits per heavy atom. The van der Waals surface area contributed by atoms with Crippen molar-refractivity contribution in [2.75, 3.05) is 0 Å². The Morgan fingerprint density at radius 1 is 0.750 bits per heavy atom. The first-order chi connectivity index (χ1) is 13.4. The topological polar surface area (TPSA) is 18.5 Å². The summed E-state index contributed by atoms with van der Waals surface area (Å²) in [5, 5.41) is 2.65. The van der Waals surface area contributed by atoms with Crippen LogP contribution in [0.2, 0.25) is 0 Å². The second-order valence-corrected chi connectivity index (χ2v) is 9.57. The molecule has 0 saturated carbocycles. The van der Waals surface area contributed by atoms with Crippen LogP contribution in [0.25, 0.3) is 31.3 Å². The summed E-state index contributed by atoms with van der Waals surface area (Å²) in [5.74, 6) is 0. The van der Waals surface area contributed by atoms with Gasteiger partial charge in [-0.1, -0.05) is 54.6 Å². The molecule has 1 fully saturated rings. The van der Waals surface area contributed by atoms with Crippen LogP contribution in [0.4, 0.5) is 0 Å². The molecule has 1 aliphatic rings. The smallest absolute Gasteiger partial charge is 0.399 e. The van der Waals surface area contributed by atoms with E-state index in [0.29, 0.717) is 0 Å². The second-order valence-electron chi connectivity index (χ2n) is 8.49. The molecule has 0 N–H and O–H groups in total. The van der Waals surface area contributed by atoms with E-state index in [4.69, 9.17) is 9.31 Å². The van der Waals surface area contributed by atoms with Gasteiger partial charge in [-0.3, -0.25) is 0 Å². The lowest BCUT2D eigenvalue weighted by Gasteiger charge is -2.32. The molecule has 4 aromatic rings. The lowest BCUT2D eigenvalue weighted by atomic mass is 9.78. The molecule has 0 atom stereocenters. The van der Waals surface area contributed by atoms with E-state index in [1.165, 1.54) is 31.3 Å². The van der Waals surface area contributed by atoms with Crippen molar-refractivity contribution in [1.82, 2.24) is 0 Å². The highest BCUT2D eigenvalue weighted by Gasteiger charge is 2.51. The Kier molecular flexibility index (Phi) is 3.96. The van der Waals surface area contributed by atoms with Crippen molar-refractivity contribution in [2.45, 2.75) is 38.9 Å². The van der Waals surface area contributed by atoms with Gasteiger partial charge in [-0.2, -0.15) is 0 Å². The average Bonchev–Trinajstić information content (AvgIpc) is 3.15. The van der Waals surface area contributed by atoms with E-state index in [9.17, 15) is 0 Å². The van der Waals surface area contributed by atoms with Gasteiger partial charge >= 0.3 is 7.12 Å². The predicted molar refractivity (Wildman–Crippen MR) is 120 cm³/mol. The number of benzene rings is 3. The van der Waals surface area contributed by atoms with Crippen molar-refractivity contribution >= 4 is 44.1 Å². The summed E-state index contributed by atoms with van der Waals surface area (Å²) in [6.45, 7) is 8.37. The largest absolute Gasteiger partial charge is 0.494 e. The highest BCUT2D eigenvalue weighted by Crippen LogP contribution is 2.40. The SMILES string of the molecule is CC1(C)OB(c2cccc(-c3cccc4sc5ccccc5c34)c2)OC1(C)C. The van der Waals surface area contributed by atoms with Gasteiger partial charge in [0.1, 0.15) is 0 Å². The summed E-state index contributed by atoms with van der Waals surface area (Å²) >= 11 is 1.85. The molecule has 0 bridgehead atoms. The highest BCUT2D eigenvalue weighted by atomic mass is 32.1. The van der Waals surface area contributed by atoms with Crippen LogP contribution < -0.4 is 5.46 Å². The van der Waals surface area contributed by atoms with Crippen LogP contribution in [-0.2, 0) is 9.31 Å². The average molecular weight is 386 g/mol. The third-order valence-corrected chi connectivity index (χ3v) is 7.26. The standard InChI is InChI=1S/C24H23BO2S/c1-23(2)24(3,4)27-25(26-23)17-10-7-9-16(15-17)18-12-8-14-21-22(18)19-11-5-6-13-20(19)28-21/h5-15H,1-4H3. The number of rotatable bonds is 2. The number of thiophene rings is 1. The second kappa shape index (κ2) is 6.18. The van der Waals surface area contributed by atoms with Gasteiger partial charge in [-0.25, -0.2) is 0 Å². The molecule has 3 aromatic carbocycles. The lowest BCUT2D eigenvalue weighted by molar-refractivity contribution is 0.00578. The molecule has 0 aliphatic carbocycles. The summed E-state index contributed by atoms with van der Waals surface area (Å²) in [5.41, 5.74) is 2.84. The van der Waals surface area contributed by atoms with Crippen molar-refractivity contribution in [3.63, 3.8) is 0 Å². The van der Waals surface area contributed by atoms with Crippen molar-refractivity contribution in [3.8, 4) is 11.1 Å². The van der Waals surface area contributed by atoms with E-state index in [-0.39, 0.29) is 18.3 Å². The van der Waals surface area contributed by atoms with Crippen molar-refractivity contribution in [2.24, 2.45) is 0 Å². The summed E-state index contributed by atoms with van der Waals surface area (Å²) < 4.78 is 15.2. The minimum absolute atomic E-state index is 0.336. The van der Waals surface area contributed by atoms with E-state index >= 15 is 0 Å². The zero-order valence-corrected chi connectivity index (χ0v) is 17.5. The Balaban J connectivity index is 1.63. The molecule has 0 radical (unpaired) electrons. The lowest BCUT2D eigenvalue weighted by Crippen LogP contribution is -2.41. The maximum Gasteiger partial charge on any atom is 0.494 e. The predicted octanol–water partition coefficient (Wildman–Crippen LogP) is 6.02. The molecule has 1 saturated heterocycles. The Bertz CT molecular complexity index is 1180. The van der Waals surface area contributed by atoms with Gasteiger partial charge in [0.25, 0.3) is 0 Å². The van der Waals surface area contributed by atoms with Crippen molar-refractivity contribution < 1.29 is 9.31 Å². The maximum atomic E-state index is 6.26. The first-order valence-electron chi connectivity index (χ1n) is 9.72. The molecule has 0 spiro atoms. The summed E-state index contributed by atoms with van der Waals surface area (Å²) in [7, 11) is -0.344. The minimum Gasteiger partial charge on any atom is -0.399 e. The molecule has 4 heteroatoms. The van der Waals surface area contributed by atoms with Gasteiger partial charge in [0.15, 0.2) is 0 Å². The highest BCUT2D eigenvalue weighted by molar-refractivity contribution is 7.25. The molecule has 0 unspecified atom stereocenters. The molecule has 2 heterocycles. The molecule has 5 rings (SSSR count). The van der Waals surface area contributed by atoms with Gasteiger partial charge in [-0.15, -0.1) is 11.3 Å². The van der Waals surface area contributed by atoms with Crippen LogP contribution in [0.3, 0.4) is 0 Å². The fraction of sp³-hybridized carbons (Fsp3) is 0.250. The van der Waals surface area contributed by atoms with Gasteiger partial charge in [0.05, 0.1) is 11.2 Å². The van der Waals surface area contributed by atoms with Gasteiger partial charge in [0.2, 0.25) is 0 Å². The third-order valence-electron chi connectivity index (χ3n) is 6.13. The molecule has 28 heavy (non-hydrogen) atoms. The first kappa shape index (κ1) is 17.9. The molecular weight excluding hydrogens is 363 g/mol. The van der Waals surface area contributed by atoms with Crippen LogP contribution in [0.15, 0.2) is 66.7 Å². The van der Waals surface area contributed by atoms with Crippen LogP contribution in [0.1, 0.15) is 27.7 Å². The molecule has 2 nitrogen and oxygen atoms in total. The molecule has 0 amide bonds. The third kappa shape index (κ3) is 2.71. The molecule has 1 aliphatic heterocycles. The number of hydrogen-bond donors (Lipinski definition) is 0. The van der Waals surface area contributed by atoms with E-state index < -0.39 is 0 Å². The van der Waals surface area contributed by atoms with Gasteiger partial charge in [0, 0.05) is 20.2 Å². The molecular formula is C24H23BO2S. The van der Waals surface area contributed by atoms with E-state index in [1.807, 2.05) is 11.3 Å². The zero-order chi connectivity index (χ0) is 19.5. The van der Waals surface area contributed by atoms with E-state index in [1.54, 1.807) is 0 Å². The van der Waals surface area contributed by atoms with Crippen LogP contribution in [-0.4, -0.2) is 18.3 Å². The number of fused-ring (bicyclic) bond motifs is 3. The molecule has 140 valence electrons. The van der Waals surface area contributed by atoms with Crippen molar-refractivity contribution in [1.29, 1.82) is 0 Å². The van der Waals surface area contributed by atoms with E-state index in [0.717, 1.165) is 5.46 Å². The fourth-order valence-corrected chi connectivity index (χ4v) is 4.98.